The van der Waals surface area contributed by atoms with E-state index in [1.807, 2.05) is 0 Å². The number of hydrogen-bond donors (Lipinski definition) is 2. The summed E-state index contributed by atoms with van der Waals surface area (Å²) in [6.07, 6.45) is 12.1. The Morgan fingerprint density at radius 3 is 2.29 bits per heavy atom. The van der Waals surface area contributed by atoms with Crippen LogP contribution in [0.5, 0.6) is 0 Å². The van der Waals surface area contributed by atoms with Crippen LogP contribution < -0.4 is 11.1 Å². The molecule has 118 valence electrons. The van der Waals surface area contributed by atoms with Gasteiger partial charge in [0.2, 0.25) is 5.91 Å². The molecule has 0 aliphatic heterocycles. The predicted octanol–water partition coefficient (Wildman–Crippen LogP) is 2.98. The molecule has 3 nitrogen and oxygen atoms in total. The highest BCUT2D eigenvalue weighted by Crippen LogP contribution is 2.65. The van der Waals surface area contributed by atoms with Crippen molar-refractivity contribution in [2.24, 2.45) is 28.4 Å². The first-order valence-corrected chi connectivity index (χ1v) is 8.99. The smallest absolute Gasteiger partial charge is 0.226 e. The Labute approximate surface area is 128 Å². The molecule has 0 heterocycles. The molecule has 4 bridgehead atoms. The molecule has 5 fully saturated rings. The fraction of sp³-hybridized carbons (Fsp3) is 0.944. The van der Waals surface area contributed by atoms with Gasteiger partial charge in [0, 0.05) is 6.54 Å². The van der Waals surface area contributed by atoms with Crippen LogP contribution in [0.1, 0.15) is 71.1 Å². The number of rotatable bonds is 3. The van der Waals surface area contributed by atoms with Crippen LogP contribution in [0.3, 0.4) is 0 Å². The van der Waals surface area contributed by atoms with Crippen LogP contribution in [0.25, 0.3) is 0 Å². The van der Waals surface area contributed by atoms with E-state index in [1.54, 1.807) is 0 Å². The van der Waals surface area contributed by atoms with Gasteiger partial charge in [-0.05, 0) is 68.6 Å². The van der Waals surface area contributed by atoms with Crippen molar-refractivity contribution in [2.75, 3.05) is 6.54 Å². The monoisotopic (exact) mass is 290 g/mol. The molecule has 5 saturated carbocycles. The number of hydrogen-bond acceptors (Lipinski definition) is 2. The molecular formula is C18H30N2O. The van der Waals surface area contributed by atoms with E-state index in [-0.39, 0.29) is 11.0 Å². The highest BCUT2D eigenvalue weighted by Gasteiger charge is 2.59. The Morgan fingerprint density at radius 2 is 1.76 bits per heavy atom. The van der Waals surface area contributed by atoms with Crippen LogP contribution in [-0.4, -0.2) is 18.0 Å². The second-order valence-electron chi connectivity index (χ2n) is 9.20. The zero-order valence-corrected chi connectivity index (χ0v) is 13.4. The van der Waals surface area contributed by atoms with Crippen LogP contribution in [0, 0.1) is 22.7 Å². The van der Waals surface area contributed by atoms with Gasteiger partial charge in [0.25, 0.3) is 0 Å². The molecule has 0 radical (unpaired) electrons. The Hall–Kier alpha value is -0.570. The van der Waals surface area contributed by atoms with Gasteiger partial charge >= 0.3 is 0 Å². The quantitative estimate of drug-likeness (QED) is 0.839. The number of carbonyl (C=O) groups excluding carboxylic acids is 1. The van der Waals surface area contributed by atoms with E-state index < -0.39 is 0 Å². The van der Waals surface area contributed by atoms with E-state index in [4.69, 9.17) is 5.73 Å². The molecule has 0 aromatic rings. The lowest BCUT2D eigenvalue weighted by Gasteiger charge is -2.60. The van der Waals surface area contributed by atoms with Crippen molar-refractivity contribution in [1.82, 2.24) is 5.32 Å². The largest absolute Gasteiger partial charge is 0.349 e. The molecule has 2 unspecified atom stereocenters. The highest BCUT2D eigenvalue weighted by molar-refractivity contribution is 5.84. The normalized spacial score (nSPS) is 46.8. The minimum absolute atomic E-state index is 0.0520. The SMILES string of the molecule is CC12CC3CC(C1)CC(C(=O)NC1(CN)CCCC1)(C3)C2. The summed E-state index contributed by atoms with van der Waals surface area (Å²) in [4.78, 5) is 13.2. The zero-order valence-electron chi connectivity index (χ0n) is 13.4. The summed E-state index contributed by atoms with van der Waals surface area (Å²) in [6.45, 7) is 3.04. The maximum Gasteiger partial charge on any atom is 0.226 e. The molecule has 21 heavy (non-hydrogen) atoms. The van der Waals surface area contributed by atoms with Gasteiger partial charge in [-0.3, -0.25) is 4.79 Å². The molecule has 2 atom stereocenters. The van der Waals surface area contributed by atoms with Gasteiger partial charge in [-0.15, -0.1) is 0 Å². The van der Waals surface area contributed by atoms with Gasteiger partial charge in [0.05, 0.1) is 11.0 Å². The second-order valence-corrected chi connectivity index (χ2v) is 9.20. The van der Waals surface area contributed by atoms with E-state index >= 15 is 0 Å². The molecule has 3 N–H and O–H groups in total. The third kappa shape index (κ3) is 2.15. The molecule has 0 saturated heterocycles. The zero-order chi connectivity index (χ0) is 14.7. The Morgan fingerprint density at radius 1 is 1.14 bits per heavy atom. The first-order valence-electron chi connectivity index (χ1n) is 8.99. The molecule has 1 amide bonds. The minimum Gasteiger partial charge on any atom is -0.349 e. The number of nitrogens with one attached hydrogen (secondary N) is 1. The fourth-order valence-electron chi connectivity index (χ4n) is 6.79. The third-order valence-corrected chi connectivity index (χ3v) is 7.17. The van der Waals surface area contributed by atoms with Crippen LogP contribution in [0.15, 0.2) is 0 Å². The average Bonchev–Trinajstić information content (AvgIpc) is 2.85. The molecule has 0 spiro atoms. The van der Waals surface area contributed by atoms with Crippen molar-refractivity contribution in [1.29, 1.82) is 0 Å². The first kappa shape index (κ1) is 14.0. The molecule has 0 aromatic heterocycles. The van der Waals surface area contributed by atoms with E-state index in [0.717, 1.165) is 43.9 Å². The lowest BCUT2D eigenvalue weighted by atomic mass is 9.44. The van der Waals surface area contributed by atoms with E-state index in [2.05, 4.69) is 12.2 Å². The van der Waals surface area contributed by atoms with Crippen molar-refractivity contribution in [3.63, 3.8) is 0 Å². The Balaban J connectivity index is 1.56. The van der Waals surface area contributed by atoms with Crippen molar-refractivity contribution in [2.45, 2.75) is 76.7 Å². The van der Waals surface area contributed by atoms with Gasteiger partial charge in [0.1, 0.15) is 0 Å². The first-order chi connectivity index (χ1) is 9.97. The summed E-state index contributed by atoms with van der Waals surface area (Å²) in [5.41, 5.74) is 6.32. The molecule has 5 rings (SSSR count). The maximum absolute atomic E-state index is 13.2. The second kappa shape index (κ2) is 4.47. The maximum atomic E-state index is 13.2. The lowest BCUT2D eigenvalue weighted by molar-refractivity contribution is -0.157. The Bertz CT molecular complexity index is 438. The number of nitrogens with two attached hydrogens (primary N) is 1. The van der Waals surface area contributed by atoms with Gasteiger partial charge in [-0.25, -0.2) is 0 Å². The molecule has 0 aromatic carbocycles. The van der Waals surface area contributed by atoms with Crippen LogP contribution >= 0.6 is 0 Å². The third-order valence-electron chi connectivity index (χ3n) is 7.17. The molecule has 5 aliphatic carbocycles. The van der Waals surface area contributed by atoms with Gasteiger partial charge in [-0.1, -0.05) is 19.8 Å². The fourth-order valence-corrected chi connectivity index (χ4v) is 6.79. The predicted molar refractivity (Wildman–Crippen MR) is 83.6 cm³/mol. The van der Waals surface area contributed by atoms with Crippen LogP contribution in [0.4, 0.5) is 0 Å². The van der Waals surface area contributed by atoms with E-state index in [1.165, 1.54) is 32.1 Å². The molecule has 5 aliphatic rings. The standard InChI is InChI=1S/C18H30N2O/c1-16-7-13-6-14(8-16)10-17(9-13,11-16)15(21)20-18(12-19)4-2-3-5-18/h13-14H,2-12,19H2,1H3,(H,20,21). The molecular weight excluding hydrogens is 260 g/mol. The molecule has 3 heteroatoms. The number of amides is 1. The van der Waals surface area contributed by atoms with Crippen molar-refractivity contribution in [3.05, 3.63) is 0 Å². The van der Waals surface area contributed by atoms with E-state index in [9.17, 15) is 4.79 Å². The van der Waals surface area contributed by atoms with Crippen molar-refractivity contribution >= 4 is 5.91 Å². The van der Waals surface area contributed by atoms with Gasteiger partial charge < -0.3 is 11.1 Å². The highest BCUT2D eigenvalue weighted by atomic mass is 16.2. The number of carbonyl (C=O) groups is 1. The summed E-state index contributed by atoms with van der Waals surface area (Å²) < 4.78 is 0. The minimum atomic E-state index is -0.0820. The van der Waals surface area contributed by atoms with Crippen LogP contribution in [-0.2, 0) is 4.79 Å². The summed E-state index contributed by atoms with van der Waals surface area (Å²) in [7, 11) is 0. The summed E-state index contributed by atoms with van der Waals surface area (Å²) in [6, 6.07) is 0. The van der Waals surface area contributed by atoms with Crippen molar-refractivity contribution < 1.29 is 4.79 Å². The Kier molecular flexibility index (Phi) is 2.99. The summed E-state index contributed by atoms with van der Waals surface area (Å²) >= 11 is 0. The summed E-state index contributed by atoms with van der Waals surface area (Å²) in [5.74, 6) is 1.97. The van der Waals surface area contributed by atoms with E-state index in [0.29, 0.717) is 17.9 Å². The topological polar surface area (TPSA) is 55.1 Å². The van der Waals surface area contributed by atoms with Gasteiger partial charge in [0.15, 0.2) is 0 Å². The van der Waals surface area contributed by atoms with Crippen molar-refractivity contribution in [3.8, 4) is 0 Å². The lowest BCUT2D eigenvalue weighted by Crippen LogP contribution is -2.61. The van der Waals surface area contributed by atoms with Gasteiger partial charge in [-0.2, -0.15) is 0 Å². The summed E-state index contributed by atoms with van der Waals surface area (Å²) in [5, 5.41) is 3.45. The van der Waals surface area contributed by atoms with Crippen LogP contribution in [0.2, 0.25) is 0 Å². The average molecular weight is 290 g/mol.